The summed E-state index contributed by atoms with van der Waals surface area (Å²) in [4.78, 5) is 12.1. The maximum atomic E-state index is 12.1. The Hall–Kier alpha value is -2.07. The van der Waals surface area contributed by atoms with Crippen molar-refractivity contribution in [2.24, 2.45) is 0 Å². The van der Waals surface area contributed by atoms with Gasteiger partial charge < -0.3 is 9.73 Å². The minimum Gasteiger partial charge on any atom is -0.450 e. The van der Waals surface area contributed by atoms with Gasteiger partial charge in [-0.15, -0.1) is 0 Å². The number of amides is 1. The van der Waals surface area contributed by atoms with Crippen molar-refractivity contribution in [3.05, 3.63) is 70.4 Å². The molecule has 2 aromatic carbocycles. The molecule has 0 saturated heterocycles. The fourth-order valence-corrected chi connectivity index (χ4v) is 2.47. The van der Waals surface area contributed by atoms with Crippen molar-refractivity contribution in [3.63, 3.8) is 0 Å². The van der Waals surface area contributed by atoms with Crippen LogP contribution in [0.3, 0.4) is 0 Å². The predicted octanol–water partition coefficient (Wildman–Crippen LogP) is 4.13. The molecule has 3 rings (SSSR count). The molecule has 0 saturated carbocycles. The Morgan fingerprint density at radius 3 is 2.65 bits per heavy atom. The molecule has 1 N–H and O–H groups in total. The van der Waals surface area contributed by atoms with Gasteiger partial charge in [-0.05, 0) is 33.6 Å². The van der Waals surface area contributed by atoms with Crippen molar-refractivity contribution in [2.45, 2.75) is 6.54 Å². The summed E-state index contributed by atoms with van der Waals surface area (Å²) < 4.78 is 6.43. The van der Waals surface area contributed by atoms with E-state index >= 15 is 0 Å². The molecular weight excluding hydrogens is 318 g/mol. The molecule has 0 unspecified atom stereocenters. The highest BCUT2D eigenvalue weighted by Gasteiger charge is 2.13. The van der Waals surface area contributed by atoms with E-state index in [4.69, 9.17) is 4.42 Å². The van der Waals surface area contributed by atoms with Gasteiger partial charge in [-0.3, -0.25) is 4.79 Å². The van der Waals surface area contributed by atoms with Gasteiger partial charge in [0, 0.05) is 11.9 Å². The minimum absolute atomic E-state index is 0.211. The molecular formula is C16H12BrNO2. The summed E-state index contributed by atoms with van der Waals surface area (Å²) in [5.41, 5.74) is 1.75. The van der Waals surface area contributed by atoms with Crippen molar-refractivity contribution in [2.75, 3.05) is 0 Å². The van der Waals surface area contributed by atoms with Crippen LogP contribution in [0, 0.1) is 0 Å². The lowest BCUT2D eigenvalue weighted by Gasteiger charge is -2.02. The molecule has 0 spiro atoms. The molecule has 0 bridgehead atoms. The van der Waals surface area contributed by atoms with Crippen LogP contribution in [0.25, 0.3) is 11.0 Å². The highest BCUT2D eigenvalue weighted by atomic mass is 79.9. The van der Waals surface area contributed by atoms with Crippen LogP contribution in [-0.2, 0) is 6.54 Å². The Labute approximate surface area is 124 Å². The standard InChI is InChI=1S/C16H12BrNO2/c17-13-8-4-7-12-9-14(20-15(12)13)16(19)18-10-11-5-2-1-3-6-11/h1-9H,10H2,(H,18,19). The first-order valence-electron chi connectivity index (χ1n) is 6.24. The molecule has 0 aliphatic rings. The normalized spacial score (nSPS) is 10.7. The summed E-state index contributed by atoms with van der Waals surface area (Å²) >= 11 is 3.41. The summed E-state index contributed by atoms with van der Waals surface area (Å²) in [6.07, 6.45) is 0. The van der Waals surface area contributed by atoms with Crippen LogP contribution in [-0.4, -0.2) is 5.91 Å². The number of hydrogen-bond acceptors (Lipinski definition) is 2. The number of para-hydroxylation sites is 1. The van der Waals surface area contributed by atoms with Crippen LogP contribution in [0.1, 0.15) is 16.1 Å². The lowest BCUT2D eigenvalue weighted by Crippen LogP contribution is -2.22. The first kappa shape index (κ1) is 12.9. The highest BCUT2D eigenvalue weighted by Crippen LogP contribution is 2.26. The SMILES string of the molecule is O=C(NCc1ccccc1)c1cc2cccc(Br)c2o1. The molecule has 3 nitrogen and oxygen atoms in total. The van der Waals surface area contributed by atoms with E-state index in [-0.39, 0.29) is 5.91 Å². The van der Waals surface area contributed by atoms with Crippen molar-refractivity contribution in [3.8, 4) is 0 Å². The van der Waals surface area contributed by atoms with Crippen molar-refractivity contribution in [1.82, 2.24) is 5.32 Å². The summed E-state index contributed by atoms with van der Waals surface area (Å²) in [5.74, 6) is 0.111. The van der Waals surface area contributed by atoms with Gasteiger partial charge in [0.1, 0.15) is 5.58 Å². The van der Waals surface area contributed by atoms with E-state index in [0.717, 1.165) is 15.4 Å². The molecule has 3 aromatic rings. The predicted molar refractivity (Wildman–Crippen MR) is 81.5 cm³/mol. The van der Waals surface area contributed by atoms with E-state index in [1.807, 2.05) is 48.5 Å². The molecule has 0 aliphatic carbocycles. The largest absolute Gasteiger partial charge is 0.450 e. The maximum absolute atomic E-state index is 12.1. The highest BCUT2D eigenvalue weighted by molar-refractivity contribution is 9.10. The van der Waals surface area contributed by atoms with E-state index in [0.29, 0.717) is 17.9 Å². The quantitative estimate of drug-likeness (QED) is 0.785. The Balaban J connectivity index is 1.77. The number of fused-ring (bicyclic) bond motifs is 1. The van der Waals surface area contributed by atoms with E-state index in [1.165, 1.54) is 0 Å². The average molecular weight is 330 g/mol. The number of hydrogen-bond donors (Lipinski definition) is 1. The third-order valence-electron chi connectivity index (χ3n) is 3.02. The van der Waals surface area contributed by atoms with Crippen LogP contribution >= 0.6 is 15.9 Å². The fourth-order valence-electron chi connectivity index (χ4n) is 2.00. The van der Waals surface area contributed by atoms with Gasteiger partial charge >= 0.3 is 0 Å². The van der Waals surface area contributed by atoms with Crippen LogP contribution in [0.5, 0.6) is 0 Å². The summed E-state index contributed by atoms with van der Waals surface area (Å²) in [7, 11) is 0. The molecule has 1 heterocycles. The number of rotatable bonds is 3. The van der Waals surface area contributed by atoms with Crippen LogP contribution in [0.2, 0.25) is 0 Å². The Kier molecular flexibility index (Phi) is 3.56. The maximum Gasteiger partial charge on any atom is 0.287 e. The van der Waals surface area contributed by atoms with Crippen molar-refractivity contribution in [1.29, 1.82) is 0 Å². The molecule has 1 amide bonds. The van der Waals surface area contributed by atoms with E-state index in [1.54, 1.807) is 6.07 Å². The smallest absolute Gasteiger partial charge is 0.287 e. The Morgan fingerprint density at radius 2 is 1.90 bits per heavy atom. The van der Waals surface area contributed by atoms with Crippen LogP contribution < -0.4 is 5.32 Å². The van der Waals surface area contributed by atoms with Gasteiger partial charge in [0.2, 0.25) is 0 Å². The third-order valence-corrected chi connectivity index (χ3v) is 3.64. The second kappa shape index (κ2) is 5.51. The Morgan fingerprint density at radius 1 is 1.10 bits per heavy atom. The first-order chi connectivity index (χ1) is 9.74. The van der Waals surface area contributed by atoms with Crippen LogP contribution in [0.15, 0.2) is 63.5 Å². The monoisotopic (exact) mass is 329 g/mol. The molecule has 100 valence electrons. The number of halogens is 1. The number of carbonyl (C=O) groups is 1. The second-order valence-electron chi connectivity index (χ2n) is 4.44. The average Bonchev–Trinajstić information content (AvgIpc) is 2.91. The lowest BCUT2D eigenvalue weighted by molar-refractivity contribution is 0.0925. The molecule has 0 aliphatic heterocycles. The zero-order chi connectivity index (χ0) is 13.9. The van der Waals surface area contributed by atoms with Crippen LogP contribution in [0.4, 0.5) is 0 Å². The number of benzene rings is 2. The van der Waals surface area contributed by atoms with E-state index in [2.05, 4.69) is 21.2 Å². The van der Waals surface area contributed by atoms with Gasteiger partial charge in [-0.2, -0.15) is 0 Å². The number of nitrogens with one attached hydrogen (secondary N) is 1. The second-order valence-corrected chi connectivity index (χ2v) is 5.29. The van der Waals surface area contributed by atoms with Gasteiger partial charge in [-0.1, -0.05) is 42.5 Å². The van der Waals surface area contributed by atoms with Gasteiger partial charge in [0.05, 0.1) is 4.47 Å². The molecule has 0 fully saturated rings. The molecule has 1 aromatic heterocycles. The lowest BCUT2D eigenvalue weighted by atomic mass is 10.2. The van der Waals surface area contributed by atoms with E-state index in [9.17, 15) is 4.79 Å². The van der Waals surface area contributed by atoms with Gasteiger partial charge in [-0.25, -0.2) is 0 Å². The third kappa shape index (κ3) is 2.60. The van der Waals surface area contributed by atoms with Crippen molar-refractivity contribution >= 4 is 32.8 Å². The fraction of sp³-hybridized carbons (Fsp3) is 0.0625. The molecule has 0 atom stereocenters. The summed E-state index contributed by atoms with van der Waals surface area (Å²) in [6.45, 7) is 0.484. The Bertz CT molecular complexity index is 750. The zero-order valence-corrected chi connectivity index (χ0v) is 12.2. The number of furan rings is 1. The van der Waals surface area contributed by atoms with Gasteiger partial charge in [0.15, 0.2) is 5.76 Å². The van der Waals surface area contributed by atoms with Crippen molar-refractivity contribution < 1.29 is 9.21 Å². The molecule has 0 radical (unpaired) electrons. The van der Waals surface area contributed by atoms with Gasteiger partial charge in [0.25, 0.3) is 5.91 Å². The number of carbonyl (C=O) groups excluding carboxylic acids is 1. The molecule has 4 heteroatoms. The zero-order valence-electron chi connectivity index (χ0n) is 10.6. The first-order valence-corrected chi connectivity index (χ1v) is 7.03. The summed E-state index contributed by atoms with van der Waals surface area (Å²) in [6, 6.07) is 17.2. The minimum atomic E-state index is -0.211. The topological polar surface area (TPSA) is 42.2 Å². The summed E-state index contributed by atoms with van der Waals surface area (Å²) in [5, 5.41) is 3.75. The molecule has 20 heavy (non-hydrogen) atoms. The van der Waals surface area contributed by atoms with E-state index < -0.39 is 0 Å².